The number of hydrogen-bond acceptors (Lipinski definition) is 2. The monoisotopic (exact) mass is 283 g/mol. The lowest BCUT2D eigenvalue weighted by Crippen LogP contribution is -2.32. The predicted molar refractivity (Wildman–Crippen MR) is 75.3 cm³/mol. The highest BCUT2D eigenvalue weighted by atomic mass is 19.1. The lowest BCUT2D eigenvalue weighted by molar-refractivity contribution is 0.157. The molecule has 0 spiro atoms. The zero-order chi connectivity index (χ0) is 14.5. The lowest BCUT2D eigenvalue weighted by Gasteiger charge is -2.29. The van der Waals surface area contributed by atoms with Crippen molar-refractivity contribution in [2.24, 2.45) is 11.8 Å². The van der Waals surface area contributed by atoms with Gasteiger partial charge in [0.15, 0.2) is 0 Å². The third kappa shape index (κ3) is 3.76. The minimum absolute atomic E-state index is 0.182. The molecule has 2 N–H and O–H groups in total. The van der Waals surface area contributed by atoms with Gasteiger partial charge in [-0.3, -0.25) is 0 Å². The Hall–Kier alpha value is -1.00. The Bertz CT molecular complexity index is 418. The molecule has 3 atom stereocenters. The van der Waals surface area contributed by atoms with E-state index in [-0.39, 0.29) is 12.1 Å². The van der Waals surface area contributed by atoms with E-state index in [9.17, 15) is 13.9 Å². The molecule has 1 saturated carbocycles. The highest BCUT2D eigenvalue weighted by Gasteiger charge is 2.22. The van der Waals surface area contributed by atoms with Crippen molar-refractivity contribution in [3.63, 3.8) is 0 Å². The molecule has 1 fully saturated rings. The van der Waals surface area contributed by atoms with Gasteiger partial charge in [0.1, 0.15) is 11.6 Å². The molecule has 0 heterocycles. The van der Waals surface area contributed by atoms with E-state index in [0.29, 0.717) is 11.8 Å². The Balaban J connectivity index is 1.84. The molecule has 2 rings (SSSR count). The summed E-state index contributed by atoms with van der Waals surface area (Å²) in [5, 5.41) is 13.1. The molecule has 1 aromatic rings. The van der Waals surface area contributed by atoms with Crippen molar-refractivity contribution in [2.75, 3.05) is 13.1 Å². The second-order valence-corrected chi connectivity index (χ2v) is 5.83. The summed E-state index contributed by atoms with van der Waals surface area (Å²) in [6.07, 6.45) is 3.84. The van der Waals surface area contributed by atoms with E-state index in [1.54, 1.807) is 0 Å². The molecule has 1 aliphatic carbocycles. The first-order valence-corrected chi connectivity index (χ1v) is 7.42. The molecule has 0 bridgehead atoms. The largest absolute Gasteiger partial charge is 0.387 e. The number of benzene rings is 1. The summed E-state index contributed by atoms with van der Waals surface area (Å²) >= 11 is 0. The molecule has 0 amide bonds. The summed E-state index contributed by atoms with van der Waals surface area (Å²) in [7, 11) is 0. The second kappa shape index (κ2) is 7.14. The van der Waals surface area contributed by atoms with Gasteiger partial charge in [0, 0.05) is 6.54 Å². The van der Waals surface area contributed by atoms with E-state index in [1.807, 2.05) is 0 Å². The Morgan fingerprint density at radius 3 is 2.55 bits per heavy atom. The quantitative estimate of drug-likeness (QED) is 0.868. The van der Waals surface area contributed by atoms with E-state index >= 15 is 0 Å². The molecule has 1 aliphatic rings. The molecule has 0 aliphatic heterocycles. The van der Waals surface area contributed by atoms with E-state index < -0.39 is 17.7 Å². The van der Waals surface area contributed by atoms with Gasteiger partial charge in [-0.1, -0.05) is 32.3 Å². The maximum absolute atomic E-state index is 13.5. The lowest BCUT2D eigenvalue weighted by atomic mass is 9.80. The fraction of sp³-hybridized carbons (Fsp3) is 0.625. The SMILES string of the molecule is CC1CCCCC1CNCC(O)c1c(F)cccc1F. The number of aliphatic hydroxyl groups excluding tert-OH is 1. The van der Waals surface area contributed by atoms with Gasteiger partial charge in [0.2, 0.25) is 0 Å². The molecule has 3 unspecified atom stereocenters. The van der Waals surface area contributed by atoms with E-state index in [1.165, 1.54) is 43.9 Å². The van der Waals surface area contributed by atoms with Crippen molar-refractivity contribution in [1.82, 2.24) is 5.32 Å². The first-order valence-electron chi connectivity index (χ1n) is 7.42. The Kier molecular flexibility index (Phi) is 5.49. The van der Waals surface area contributed by atoms with Crippen molar-refractivity contribution in [1.29, 1.82) is 0 Å². The van der Waals surface area contributed by atoms with Crippen LogP contribution in [0, 0.1) is 23.5 Å². The normalized spacial score (nSPS) is 24.6. The molecular weight excluding hydrogens is 260 g/mol. The summed E-state index contributed by atoms with van der Waals surface area (Å²) < 4.78 is 27.0. The average Bonchev–Trinajstić information content (AvgIpc) is 2.41. The van der Waals surface area contributed by atoms with Gasteiger partial charge in [-0.15, -0.1) is 0 Å². The van der Waals surface area contributed by atoms with Gasteiger partial charge < -0.3 is 10.4 Å². The maximum atomic E-state index is 13.5. The van der Waals surface area contributed by atoms with Crippen LogP contribution < -0.4 is 5.32 Å². The van der Waals surface area contributed by atoms with Crippen molar-refractivity contribution >= 4 is 0 Å². The van der Waals surface area contributed by atoms with Gasteiger partial charge in [-0.25, -0.2) is 8.78 Å². The molecule has 112 valence electrons. The fourth-order valence-corrected chi connectivity index (χ4v) is 3.03. The number of aliphatic hydroxyl groups is 1. The van der Waals surface area contributed by atoms with Crippen LogP contribution >= 0.6 is 0 Å². The van der Waals surface area contributed by atoms with E-state index in [0.717, 1.165) is 6.54 Å². The Morgan fingerprint density at radius 2 is 1.90 bits per heavy atom. The van der Waals surface area contributed by atoms with Gasteiger partial charge in [-0.05, 0) is 36.9 Å². The maximum Gasteiger partial charge on any atom is 0.131 e. The highest BCUT2D eigenvalue weighted by molar-refractivity contribution is 5.22. The number of halogens is 2. The molecule has 0 saturated heterocycles. The van der Waals surface area contributed by atoms with Crippen molar-refractivity contribution in [3.8, 4) is 0 Å². The minimum Gasteiger partial charge on any atom is -0.387 e. The number of nitrogens with one attached hydrogen (secondary N) is 1. The minimum atomic E-state index is -1.14. The molecule has 1 aromatic carbocycles. The van der Waals surface area contributed by atoms with Gasteiger partial charge in [0.05, 0.1) is 11.7 Å². The van der Waals surface area contributed by atoms with Gasteiger partial charge >= 0.3 is 0 Å². The summed E-state index contributed by atoms with van der Waals surface area (Å²) in [4.78, 5) is 0. The van der Waals surface area contributed by atoms with Crippen LogP contribution in [0.1, 0.15) is 44.3 Å². The van der Waals surface area contributed by atoms with Gasteiger partial charge in [-0.2, -0.15) is 0 Å². The zero-order valence-corrected chi connectivity index (χ0v) is 11.9. The van der Waals surface area contributed by atoms with Crippen molar-refractivity contribution < 1.29 is 13.9 Å². The predicted octanol–water partition coefficient (Wildman–Crippen LogP) is 3.41. The summed E-state index contributed by atoms with van der Waals surface area (Å²) in [6, 6.07) is 3.65. The second-order valence-electron chi connectivity index (χ2n) is 5.83. The Morgan fingerprint density at radius 1 is 1.25 bits per heavy atom. The molecule has 0 aromatic heterocycles. The van der Waals surface area contributed by atoms with Crippen LogP contribution in [0.15, 0.2) is 18.2 Å². The first kappa shape index (κ1) is 15.4. The van der Waals surface area contributed by atoms with Crippen LogP contribution in [0.2, 0.25) is 0 Å². The third-order valence-electron chi connectivity index (χ3n) is 4.37. The Labute approximate surface area is 119 Å². The van der Waals surface area contributed by atoms with Crippen molar-refractivity contribution in [3.05, 3.63) is 35.4 Å². The van der Waals surface area contributed by atoms with Gasteiger partial charge in [0.25, 0.3) is 0 Å². The van der Waals surface area contributed by atoms with Crippen LogP contribution in [0.4, 0.5) is 8.78 Å². The molecular formula is C16H23F2NO. The van der Waals surface area contributed by atoms with Crippen molar-refractivity contribution in [2.45, 2.75) is 38.7 Å². The molecule has 2 nitrogen and oxygen atoms in total. The van der Waals surface area contributed by atoms with Crippen LogP contribution in [-0.2, 0) is 0 Å². The highest BCUT2D eigenvalue weighted by Crippen LogP contribution is 2.29. The van der Waals surface area contributed by atoms with Crippen LogP contribution in [0.5, 0.6) is 0 Å². The smallest absolute Gasteiger partial charge is 0.131 e. The van der Waals surface area contributed by atoms with E-state index in [2.05, 4.69) is 12.2 Å². The van der Waals surface area contributed by atoms with Crippen LogP contribution in [-0.4, -0.2) is 18.2 Å². The average molecular weight is 283 g/mol. The summed E-state index contributed by atoms with van der Waals surface area (Å²) in [5.41, 5.74) is -0.239. The number of rotatable bonds is 5. The topological polar surface area (TPSA) is 32.3 Å². The molecule has 0 radical (unpaired) electrons. The first-order chi connectivity index (χ1) is 9.59. The number of hydrogen-bond donors (Lipinski definition) is 2. The molecule has 4 heteroatoms. The van der Waals surface area contributed by atoms with Crippen LogP contribution in [0.3, 0.4) is 0 Å². The molecule has 20 heavy (non-hydrogen) atoms. The zero-order valence-electron chi connectivity index (χ0n) is 11.9. The third-order valence-corrected chi connectivity index (χ3v) is 4.37. The summed E-state index contributed by atoms with van der Waals surface area (Å²) in [5.74, 6) is -0.101. The van der Waals surface area contributed by atoms with E-state index in [4.69, 9.17) is 0 Å². The standard InChI is InChI=1S/C16H23F2NO/c1-11-5-2-3-6-12(11)9-19-10-15(20)16-13(17)7-4-8-14(16)18/h4,7-8,11-12,15,19-20H,2-3,5-6,9-10H2,1H3. The van der Waals surface area contributed by atoms with Crippen LogP contribution in [0.25, 0.3) is 0 Å². The summed E-state index contributed by atoms with van der Waals surface area (Å²) in [6.45, 7) is 3.23. The fourth-order valence-electron chi connectivity index (χ4n) is 3.03.